The van der Waals surface area contributed by atoms with Crippen LogP contribution < -0.4 is 5.73 Å². The number of para-hydroxylation sites is 1. The van der Waals surface area contributed by atoms with Crippen LogP contribution in [0.4, 0.5) is 9.39 Å². The second kappa shape index (κ2) is 3.81. The summed E-state index contributed by atoms with van der Waals surface area (Å²) < 4.78 is 13.7. The second-order valence-corrected chi connectivity index (χ2v) is 5.95. The van der Waals surface area contributed by atoms with E-state index < -0.39 is 0 Å². The Labute approximate surface area is 113 Å². The van der Waals surface area contributed by atoms with Gasteiger partial charge in [-0.25, -0.2) is 9.37 Å². The van der Waals surface area contributed by atoms with Gasteiger partial charge in [0.2, 0.25) is 0 Å². The number of aryl methyl sites for hydroxylation is 1. The van der Waals surface area contributed by atoms with Crippen LogP contribution in [-0.2, 0) is 12.8 Å². The van der Waals surface area contributed by atoms with Gasteiger partial charge in [0.1, 0.15) is 11.3 Å². The number of halogens is 1. The summed E-state index contributed by atoms with van der Waals surface area (Å²) >= 11 is 1.64. The third-order valence-corrected chi connectivity index (χ3v) is 4.77. The van der Waals surface area contributed by atoms with Crippen molar-refractivity contribution < 1.29 is 4.39 Å². The van der Waals surface area contributed by atoms with Crippen LogP contribution in [0.5, 0.6) is 0 Å². The molecule has 0 saturated heterocycles. The molecule has 0 amide bonds. The molecule has 1 aromatic carbocycles. The van der Waals surface area contributed by atoms with E-state index in [0.29, 0.717) is 16.9 Å². The van der Waals surface area contributed by atoms with Gasteiger partial charge in [-0.2, -0.15) is 0 Å². The van der Waals surface area contributed by atoms with Gasteiger partial charge in [-0.1, -0.05) is 6.07 Å². The topological polar surface area (TPSA) is 54.7 Å². The van der Waals surface area contributed by atoms with Crippen LogP contribution >= 0.6 is 11.3 Å². The van der Waals surface area contributed by atoms with Gasteiger partial charge in [0.05, 0.1) is 16.1 Å². The first-order valence-corrected chi connectivity index (χ1v) is 7.10. The summed E-state index contributed by atoms with van der Waals surface area (Å²) in [5.41, 5.74) is 9.48. The average Bonchev–Trinajstić information content (AvgIpc) is 3.02. The molecule has 2 heterocycles. The number of aromatic nitrogens is 2. The van der Waals surface area contributed by atoms with E-state index in [4.69, 9.17) is 5.73 Å². The number of nitrogens with two attached hydrogens (primary N) is 1. The summed E-state index contributed by atoms with van der Waals surface area (Å²) in [5.74, 6) is 0.391. The second-order valence-electron chi connectivity index (χ2n) is 4.82. The van der Waals surface area contributed by atoms with Crippen LogP contribution in [0, 0.1) is 5.82 Å². The molecule has 0 radical (unpaired) electrons. The number of hydrogen-bond donors (Lipinski definition) is 2. The molecule has 3 aromatic rings. The molecule has 3 N–H and O–H groups in total. The highest BCUT2D eigenvalue weighted by Gasteiger charge is 2.24. The van der Waals surface area contributed by atoms with Gasteiger partial charge in [-0.05, 0) is 37.0 Å². The molecule has 19 heavy (non-hydrogen) atoms. The van der Waals surface area contributed by atoms with E-state index in [2.05, 4.69) is 9.97 Å². The molecule has 1 aliphatic rings. The van der Waals surface area contributed by atoms with E-state index in [1.54, 1.807) is 17.4 Å². The lowest BCUT2D eigenvalue weighted by atomic mass is 10.1. The monoisotopic (exact) mass is 273 g/mol. The Balaban J connectivity index is 1.98. The molecule has 2 aromatic heterocycles. The summed E-state index contributed by atoms with van der Waals surface area (Å²) in [5, 5.41) is 0.782. The fourth-order valence-corrected chi connectivity index (χ4v) is 3.96. The average molecular weight is 273 g/mol. The molecule has 0 spiro atoms. The lowest BCUT2D eigenvalue weighted by molar-refractivity contribution is 0.637. The van der Waals surface area contributed by atoms with Crippen LogP contribution in [0.2, 0.25) is 0 Å². The largest absolute Gasteiger partial charge is 0.390 e. The number of imidazole rings is 1. The number of thiophene rings is 1. The number of aromatic amines is 1. The van der Waals surface area contributed by atoms with Gasteiger partial charge < -0.3 is 10.7 Å². The Morgan fingerprint density at radius 3 is 3.05 bits per heavy atom. The normalized spacial score (nSPS) is 14.2. The Morgan fingerprint density at radius 1 is 1.32 bits per heavy atom. The Kier molecular flexibility index (Phi) is 2.20. The van der Waals surface area contributed by atoms with Crippen LogP contribution in [0.1, 0.15) is 16.9 Å². The minimum Gasteiger partial charge on any atom is -0.390 e. The highest BCUT2D eigenvalue weighted by atomic mass is 32.1. The minimum absolute atomic E-state index is 0.301. The predicted molar refractivity (Wildman–Crippen MR) is 75.8 cm³/mol. The molecule has 0 bridgehead atoms. The molecule has 96 valence electrons. The van der Waals surface area contributed by atoms with E-state index in [0.717, 1.165) is 23.4 Å². The van der Waals surface area contributed by atoms with E-state index >= 15 is 0 Å². The van der Waals surface area contributed by atoms with Gasteiger partial charge in [-0.15, -0.1) is 11.3 Å². The molecular weight excluding hydrogens is 261 g/mol. The quantitative estimate of drug-likeness (QED) is 0.713. The van der Waals surface area contributed by atoms with Gasteiger partial charge in [0, 0.05) is 4.88 Å². The van der Waals surface area contributed by atoms with Crippen molar-refractivity contribution in [3.63, 3.8) is 0 Å². The first-order valence-electron chi connectivity index (χ1n) is 6.28. The van der Waals surface area contributed by atoms with Crippen molar-refractivity contribution in [2.75, 3.05) is 5.73 Å². The molecule has 0 aliphatic heterocycles. The van der Waals surface area contributed by atoms with E-state index in [1.807, 2.05) is 6.07 Å². The van der Waals surface area contributed by atoms with Crippen molar-refractivity contribution >= 4 is 27.4 Å². The highest BCUT2D eigenvalue weighted by Crippen LogP contribution is 2.42. The van der Waals surface area contributed by atoms with Gasteiger partial charge in [0.25, 0.3) is 0 Å². The first kappa shape index (κ1) is 11.0. The zero-order valence-electron chi connectivity index (χ0n) is 10.2. The van der Waals surface area contributed by atoms with Crippen molar-refractivity contribution in [2.45, 2.75) is 19.3 Å². The third kappa shape index (κ3) is 1.51. The SMILES string of the molecule is Nc1sc2c(c1-c1nc3c(F)cccc3[nH]1)CCC2. The van der Waals surface area contributed by atoms with Crippen molar-refractivity contribution in [1.29, 1.82) is 0 Å². The molecular formula is C14H12FN3S. The standard InChI is InChI=1S/C14H12FN3S/c15-8-4-2-5-9-12(8)18-14(17-9)11-7-3-1-6-10(7)19-13(11)16/h2,4-5H,1,3,6,16H2,(H,17,18). The van der Waals surface area contributed by atoms with Crippen LogP contribution in [0.15, 0.2) is 18.2 Å². The number of nitrogens with zero attached hydrogens (tertiary/aromatic N) is 1. The number of H-pyrrole nitrogens is 1. The number of rotatable bonds is 1. The Bertz CT molecular complexity index is 787. The maximum atomic E-state index is 13.7. The lowest BCUT2D eigenvalue weighted by Gasteiger charge is -1.98. The first-order chi connectivity index (χ1) is 9.24. The van der Waals surface area contributed by atoms with Crippen LogP contribution in [-0.4, -0.2) is 9.97 Å². The molecule has 0 unspecified atom stereocenters. The van der Waals surface area contributed by atoms with E-state index in [1.165, 1.54) is 22.9 Å². The summed E-state index contributed by atoms with van der Waals surface area (Å²) in [6, 6.07) is 4.94. The molecule has 0 fully saturated rings. The fraction of sp³-hybridized carbons (Fsp3) is 0.214. The van der Waals surface area contributed by atoms with E-state index in [9.17, 15) is 4.39 Å². The Morgan fingerprint density at radius 2 is 2.21 bits per heavy atom. The van der Waals surface area contributed by atoms with E-state index in [-0.39, 0.29) is 5.82 Å². The molecule has 0 saturated carbocycles. The van der Waals surface area contributed by atoms with Gasteiger partial charge in [0.15, 0.2) is 5.82 Å². The number of benzene rings is 1. The highest BCUT2D eigenvalue weighted by molar-refractivity contribution is 7.16. The summed E-state index contributed by atoms with van der Waals surface area (Å²) in [4.78, 5) is 8.93. The van der Waals surface area contributed by atoms with Crippen molar-refractivity contribution in [3.8, 4) is 11.4 Å². The summed E-state index contributed by atoms with van der Waals surface area (Å²) in [6.45, 7) is 0. The van der Waals surface area contributed by atoms with Crippen molar-refractivity contribution in [3.05, 3.63) is 34.5 Å². The molecule has 3 nitrogen and oxygen atoms in total. The van der Waals surface area contributed by atoms with Gasteiger partial charge in [-0.3, -0.25) is 0 Å². The number of hydrogen-bond acceptors (Lipinski definition) is 3. The molecule has 4 rings (SSSR count). The fourth-order valence-electron chi connectivity index (χ4n) is 2.80. The summed E-state index contributed by atoms with van der Waals surface area (Å²) in [7, 11) is 0. The zero-order valence-corrected chi connectivity index (χ0v) is 11.0. The van der Waals surface area contributed by atoms with Gasteiger partial charge >= 0.3 is 0 Å². The van der Waals surface area contributed by atoms with Crippen molar-refractivity contribution in [2.24, 2.45) is 0 Å². The number of anilines is 1. The predicted octanol–water partition coefficient (Wildman–Crippen LogP) is 3.50. The number of fused-ring (bicyclic) bond motifs is 2. The molecule has 1 aliphatic carbocycles. The number of nitrogens with one attached hydrogen (secondary N) is 1. The lowest BCUT2D eigenvalue weighted by Crippen LogP contribution is -1.89. The maximum Gasteiger partial charge on any atom is 0.151 e. The number of nitrogen functional groups attached to an aromatic ring is 1. The zero-order chi connectivity index (χ0) is 13.0. The van der Waals surface area contributed by atoms with Crippen molar-refractivity contribution in [1.82, 2.24) is 9.97 Å². The smallest absolute Gasteiger partial charge is 0.151 e. The molecule has 5 heteroatoms. The summed E-state index contributed by atoms with van der Waals surface area (Å²) in [6.07, 6.45) is 3.31. The molecule has 0 atom stereocenters. The minimum atomic E-state index is -0.301. The van der Waals surface area contributed by atoms with Crippen LogP contribution in [0.3, 0.4) is 0 Å². The maximum absolute atomic E-state index is 13.7. The van der Waals surface area contributed by atoms with Crippen LogP contribution in [0.25, 0.3) is 22.4 Å². The Hall–Kier alpha value is -1.88. The third-order valence-electron chi connectivity index (χ3n) is 3.65.